The maximum atomic E-state index is 9.03. The predicted octanol–water partition coefficient (Wildman–Crippen LogP) is 1.89. The van der Waals surface area contributed by atoms with E-state index in [2.05, 4.69) is 13.8 Å². The summed E-state index contributed by atoms with van der Waals surface area (Å²) in [7, 11) is 0. The van der Waals surface area contributed by atoms with Crippen molar-refractivity contribution in [2.75, 3.05) is 0 Å². The van der Waals surface area contributed by atoms with Gasteiger partial charge in [0.05, 0.1) is 6.10 Å². The molecule has 0 fully saturated rings. The molecule has 0 aromatic carbocycles. The van der Waals surface area contributed by atoms with Gasteiger partial charge in [-0.3, -0.25) is 4.79 Å². The molecule has 2 N–H and O–H groups in total. The summed E-state index contributed by atoms with van der Waals surface area (Å²) in [6.45, 7) is 7.34. The molecule has 0 spiro atoms. The summed E-state index contributed by atoms with van der Waals surface area (Å²) in [5, 5.41) is 16.4. The molecule has 1 unspecified atom stereocenters. The molecule has 0 aromatic rings. The van der Waals surface area contributed by atoms with Gasteiger partial charge in [0.15, 0.2) is 0 Å². The molecule has 3 heteroatoms. The van der Waals surface area contributed by atoms with Crippen LogP contribution >= 0.6 is 0 Å². The SMILES string of the molecule is CC(=O)O.CCC(O)CC(C)C. The Hall–Kier alpha value is -0.570. The van der Waals surface area contributed by atoms with Gasteiger partial charge in [-0.15, -0.1) is 0 Å². The molecule has 74 valence electrons. The first kappa shape index (κ1) is 14.0. The zero-order valence-corrected chi connectivity index (χ0v) is 8.37. The van der Waals surface area contributed by atoms with E-state index in [0.29, 0.717) is 5.92 Å². The van der Waals surface area contributed by atoms with Gasteiger partial charge in [0, 0.05) is 6.92 Å². The summed E-state index contributed by atoms with van der Waals surface area (Å²) in [5.41, 5.74) is 0. The standard InChI is InChI=1S/C7H16O.C2H4O2/c1-4-7(8)5-6(2)3;1-2(3)4/h6-8H,4-5H2,1-3H3;1H3,(H,3,4). The van der Waals surface area contributed by atoms with Gasteiger partial charge in [0.25, 0.3) is 5.97 Å². The first-order chi connectivity index (χ1) is 5.40. The van der Waals surface area contributed by atoms with Crippen LogP contribution < -0.4 is 0 Å². The van der Waals surface area contributed by atoms with E-state index in [4.69, 9.17) is 15.0 Å². The third-order valence-corrected chi connectivity index (χ3v) is 1.21. The van der Waals surface area contributed by atoms with Crippen LogP contribution in [0, 0.1) is 5.92 Å². The quantitative estimate of drug-likeness (QED) is 0.690. The van der Waals surface area contributed by atoms with Gasteiger partial charge >= 0.3 is 0 Å². The van der Waals surface area contributed by atoms with Gasteiger partial charge in [0.2, 0.25) is 0 Å². The second-order valence-corrected chi connectivity index (χ2v) is 3.21. The average Bonchev–Trinajstić information content (AvgIpc) is 1.84. The summed E-state index contributed by atoms with van der Waals surface area (Å²) >= 11 is 0. The van der Waals surface area contributed by atoms with E-state index in [1.165, 1.54) is 0 Å². The highest BCUT2D eigenvalue weighted by Gasteiger charge is 2.01. The topological polar surface area (TPSA) is 57.5 Å². The number of hydrogen-bond donors (Lipinski definition) is 2. The number of carboxylic acid groups (broad SMARTS) is 1. The van der Waals surface area contributed by atoms with E-state index >= 15 is 0 Å². The first-order valence-electron chi connectivity index (χ1n) is 4.27. The van der Waals surface area contributed by atoms with Crippen molar-refractivity contribution in [3.05, 3.63) is 0 Å². The van der Waals surface area contributed by atoms with Gasteiger partial charge in [-0.1, -0.05) is 20.8 Å². The first-order valence-corrected chi connectivity index (χ1v) is 4.27. The number of aliphatic hydroxyl groups excluding tert-OH is 1. The molecule has 1 atom stereocenters. The molecule has 0 aliphatic heterocycles. The number of carboxylic acids is 1. The minimum atomic E-state index is -0.833. The molecule has 0 aliphatic rings. The van der Waals surface area contributed by atoms with Crippen LogP contribution in [-0.2, 0) is 4.79 Å². The summed E-state index contributed by atoms with van der Waals surface area (Å²) < 4.78 is 0. The van der Waals surface area contributed by atoms with Crippen LogP contribution in [-0.4, -0.2) is 22.3 Å². The summed E-state index contributed by atoms with van der Waals surface area (Å²) in [6.07, 6.45) is 1.75. The Labute approximate surface area is 74.4 Å². The zero-order chi connectivity index (χ0) is 10.1. The van der Waals surface area contributed by atoms with Crippen LogP contribution in [0.4, 0.5) is 0 Å². The van der Waals surface area contributed by atoms with Crippen molar-refractivity contribution in [3.63, 3.8) is 0 Å². The maximum absolute atomic E-state index is 9.03. The van der Waals surface area contributed by atoms with Gasteiger partial charge in [-0.05, 0) is 18.8 Å². The van der Waals surface area contributed by atoms with Crippen molar-refractivity contribution in [3.8, 4) is 0 Å². The van der Waals surface area contributed by atoms with E-state index in [9.17, 15) is 0 Å². The number of carbonyl (C=O) groups is 1. The zero-order valence-electron chi connectivity index (χ0n) is 8.37. The minimum Gasteiger partial charge on any atom is -0.481 e. The Bertz CT molecular complexity index is 106. The molecular weight excluding hydrogens is 156 g/mol. The van der Waals surface area contributed by atoms with Gasteiger partial charge in [-0.25, -0.2) is 0 Å². The Kier molecular flexibility index (Phi) is 9.93. The average molecular weight is 176 g/mol. The number of aliphatic carboxylic acids is 1. The van der Waals surface area contributed by atoms with E-state index < -0.39 is 5.97 Å². The minimum absolute atomic E-state index is 0.0741. The molecule has 12 heavy (non-hydrogen) atoms. The van der Waals surface area contributed by atoms with Gasteiger partial charge in [0.1, 0.15) is 0 Å². The molecule has 0 amide bonds. The molecule has 0 heterocycles. The largest absolute Gasteiger partial charge is 0.481 e. The highest BCUT2D eigenvalue weighted by molar-refractivity contribution is 5.62. The number of hydrogen-bond acceptors (Lipinski definition) is 2. The molecule has 0 rings (SSSR count). The lowest BCUT2D eigenvalue weighted by Gasteiger charge is -2.08. The monoisotopic (exact) mass is 176 g/mol. The molecule has 0 saturated heterocycles. The normalized spacial score (nSPS) is 11.8. The fourth-order valence-electron chi connectivity index (χ4n) is 0.711. The van der Waals surface area contributed by atoms with Gasteiger partial charge in [-0.2, -0.15) is 0 Å². The second kappa shape index (κ2) is 8.53. The van der Waals surface area contributed by atoms with Crippen LogP contribution in [0.2, 0.25) is 0 Å². The van der Waals surface area contributed by atoms with Crippen molar-refractivity contribution >= 4 is 5.97 Å². The lowest BCUT2D eigenvalue weighted by atomic mass is 10.0. The van der Waals surface area contributed by atoms with E-state index in [0.717, 1.165) is 19.8 Å². The van der Waals surface area contributed by atoms with Crippen molar-refractivity contribution < 1.29 is 15.0 Å². The van der Waals surface area contributed by atoms with E-state index in [-0.39, 0.29) is 6.10 Å². The third-order valence-electron chi connectivity index (χ3n) is 1.21. The highest BCUT2D eigenvalue weighted by Crippen LogP contribution is 2.05. The molecular formula is C9H20O3. The fraction of sp³-hybridized carbons (Fsp3) is 0.889. The molecule has 0 radical (unpaired) electrons. The van der Waals surface area contributed by atoms with Crippen LogP contribution in [0.25, 0.3) is 0 Å². The van der Waals surface area contributed by atoms with E-state index in [1.54, 1.807) is 0 Å². The van der Waals surface area contributed by atoms with Crippen LogP contribution in [0.15, 0.2) is 0 Å². The molecule has 0 aromatic heterocycles. The van der Waals surface area contributed by atoms with Crippen molar-refractivity contribution in [1.82, 2.24) is 0 Å². The molecule has 3 nitrogen and oxygen atoms in total. The lowest BCUT2D eigenvalue weighted by molar-refractivity contribution is -0.134. The smallest absolute Gasteiger partial charge is 0.300 e. The number of aliphatic hydroxyl groups is 1. The predicted molar refractivity (Wildman–Crippen MR) is 49.1 cm³/mol. The third kappa shape index (κ3) is 22.7. The lowest BCUT2D eigenvalue weighted by Crippen LogP contribution is -2.07. The summed E-state index contributed by atoms with van der Waals surface area (Å²) in [5.74, 6) is -0.204. The molecule has 0 saturated carbocycles. The maximum Gasteiger partial charge on any atom is 0.300 e. The van der Waals surface area contributed by atoms with Gasteiger partial charge < -0.3 is 10.2 Å². The summed E-state index contributed by atoms with van der Waals surface area (Å²) in [6, 6.07) is 0. The number of rotatable bonds is 3. The van der Waals surface area contributed by atoms with Crippen molar-refractivity contribution in [2.45, 2.75) is 46.6 Å². The molecule has 0 aliphatic carbocycles. The van der Waals surface area contributed by atoms with Crippen molar-refractivity contribution in [1.29, 1.82) is 0 Å². The second-order valence-electron chi connectivity index (χ2n) is 3.21. The van der Waals surface area contributed by atoms with E-state index in [1.807, 2.05) is 6.92 Å². The van der Waals surface area contributed by atoms with Crippen LogP contribution in [0.1, 0.15) is 40.5 Å². The van der Waals surface area contributed by atoms with Crippen LogP contribution in [0.5, 0.6) is 0 Å². The highest BCUT2D eigenvalue weighted by atomic mass is 16.4. The van der Waals surface area contributed by atoms with Crippen molar-refractivity contribution in [2.24, 2.45) is 5.92 Å². The Morgan fingerprint density at radius 1 is 1.42 bits per heavy atom. The fourth-order valence-corrected chi connectivity index (χ4v) is 0.711. The molecule has 0 bridgehead atoms. The summed E-state index contributed by atoms with van der Waals surface area (Å²) in [4.78, 5) is 9.00. The Balaban J connectivity index is 0. The Morgan fingerprint density at radius 2 is 1.75 bits per heavy atom. The van der Waals surface area contributed by atoms with Crippen LogP contribution in [0.3, 0.4) is 0 Å². The Morgan fingerprint density at radius 3 is 1.83 bits per heavy atom.